The van der Waals surface area contributed by atoms with Crippen LogP contribution in [0.5, 0.6) is 0 Å². The van der Waals surface area contributed by atoms with E-state index in [-0.39, 0.29) is 0 Å². The van der Waals surface area contributed by atoms with E-state index in [9.17, 15) is 0 Å². The summed E-state index contributed by atoms with van der Waals surface area (Å²) >= 11 is 0. The first-order valence-corrected chi connectivity index (χ1v) is 20.6. The van der Waals surface area contributed by atoms with Crippen molar-refractivity contribution in [3.63, 3.8) is 0 Å². The average Bonchev–Trinajstić information content (AvgIpc) is 3.67. The smallest absolute Gasteiger partial charge is 0.0546 e. The van der Waals surface area contributed by atoms with Crippen LogP contribution in [0.25, 0.3) is 82.8 Å². The van der Waals surface area contributed by atoms with Crippen LogP contribution in [0.15, 0.2) is 243 Å². The molecule has 0 saturated carbocycles. The van der Waals surface area contributed by atoms with Crippen molar-refractivity contribution in [3.05, 3.63) is 243 Å². The highest BCUT2D eigenvalue weighted by Gasteiger charge is 2.24. The van der Waals surface area contributed by atoms with Gasteiger partial charge >= 0.3 is 0 Å². The lowest BCUT2D eigenvalue weighted by Gasteiger charge is -2.30. The molecule has 0 radical (unpaired) electrons. The van der Waals surface area contributed by atoms with Gasteiger partial charge in [-0.2, -0.15) is 0 Å². The molecule has 2 heteroatoms. The zero-order valence-corrected chi connectivity index (χ0v) is 33.0. The number of fused-ring (bicyclic) bond motifs is 4. The van der Waals surface area contributed by atoms with Crippen molar-refractivity contribution in [1.82, 2.24) is 4.57 Å². The Morgan fingerprint density at radius 2 is 0.817 bits per heavy atom. The summed E-state index contributed by atoms with van der Waals surface area (Å²) in [5, 5.41) is 4.95. The highest BCUT2D eigenvalue weighted by Crippen LogP contribution is 2.49. The van der Waals surface area contributed by atoms with Crippen molar-refractivity contribution in [1.29, 1.82) is 0 Å². The van der Waals surface area contributed by atoms with E-state index in [1.165, 1.54) is 71.5 Å². The maximum atomic E-state index is 2.46. The van der Waals surface area contributed by atoms with Gasteiger partial charge in [-0.1, -0.05) is 188 Å². The molecule has 0 bridgehead atoms. The van der Waals surface area contributed by atoms with Gasteiger partial charge in [-0.25, -0.2) is 0 Å². The third-order valence-electron chi connectivity index (χ3n) is 11.8. The van der Waals surface area contributed by atoms with Crippen LogP contribution in [0.4, 0.5) is 17.1 Å². The van der Waals surface area contributed by atoms with Crippen LogP contribution >= 0.6 is 0 Å². The predicted molar refractivity (Wildman–Crippen MR) is 255 cm³/mol. The predicted octanol–water partition coefficient (Wildman–Crippen LogP) is 16.1. The van der Waals surface area contributed by atoms with E-state index in [1.807, 2.05) is 0 Å². The van der Waals surface area contributed by atoms with Crippen molar-refractivity contribution in [3.8, 4) is 50.2 Å². The highest BCUT2D eigenvalue weighted by atomic mass is 15.1. The molecule has 60 heavy (non-hydrogen) atoms. The first-order chi connectivity index (χ1) is 29.8. The van der Waals surface area contributed by atoms with Crippen LogP contribution in [0, 0.1) is 0 Å². The summed E-state index contributed by atoms with van der Waals surface area (Å²) in [5.74, 6) is 0. The van der Waals surface area contributed by atoms with Crippen molar-refractivity contribution in [2.75, 3.05) is 4.90 Å². The molecule has 282 valence electrons. The minimum atomic E-state index is 1.06. The van der Waals surface area contributed by atoms with E-state index in [4.69, 9.17) is 0 Å². The normalized spacial score (nSPS) is 11.3. The van der Waals surface area contributed by atoms with E-state index in [0.717, 1.165) is 28.3 Å². The van der Waals surface area contributed by atoms with Crippen LogP contribution in [-0.2, 0) is 0 Å². The van der Waals surface area contributed by atoms with Gasteiger partial charge in [0.15, 0.2) is 0 Å². The van der Waals surface area contributed by atoms with E-state index < -0.39 is 0 Å². The fourth-order valence-corrected chi connectivity index (χ4v) is 9.03. The van der Waals surface area contributed by atoms with Crippen molar-refractivity contribution in [2.45, 2.75) is 0 Å². The van der Waals surface area contributed by atoms with E-state index in [0.29, 0.717) is 0 Å². The molecule has 0 saturated heterocycles. The van der Waals surface area contributed by atoms with Crippen molar-refractivity contribution < 1.29 is 0 Å². The molecule has 0 amide bonds. The monoisotopic (exact) mass is 764 g/mol. The Bertz CT molecular complexity index is 3270. The fraction of sp³-hybridized carbons (Fsp3) is 0. The molecule has 0 aliphatic heterocycles. The minimum absolute atomic E-state index is 1.06. The molecule has 0 fully saturated rings. The van der Waals surface area contributed by atoms with Crippen LogP contribution in [-0.4, -0.2) is 4.57 Å². The van der Waals surface area contributed by atoms with Gasteiger partial charge in [0.1, 0.15) is 0 Å². The lowest BCUT2D eigenvalue weighted by atomic mass is 9.87. The summed E-state index contributed by atoms with van der Waals surface area (Å²) in [5.41, 5.74) is 16.1. The Morgan fingerprint density at radius 1 is 0.300 bits per heavy atom. The quantitative estimate of drug-likeness (QED) is 0.150. The minimum Gasteiger partial charge on any atom is -0.310 e. The number of rotatable bonds is 8. The second-order valence-corrected chi connectivity index (χ2v) is 15.3. The standard InChI is InChI=1S/C58H40N2/c1-3-19-42(20-4-1)50-28-9-10-31-54(50)58-51(43-21-5-2-6-22-43)32-17-35-57(58)59(47-25-15-24-45(39-47)46-37-36-41-18-7-8-23-44(41)38-46)48-26-16-27-49(40-48)60-55-33-13-11-29-52(55)53-30-12-14-34-56(53)60/h1-40H. The average molecular weight is 765 g/mol. The summed E-state index contributed by atoms with van der Waals surface area (Å²) in [6, 6.07) is 88.1. The molecule has 0 spiro atoms. The topological polar surface area (TPSA) is 8.17 Å². The Hall–Kier alpha value is -7.94. The second kappa shape index (κ2) is 15.1. The van der Waals surface area contributed by atoms with Gasteiger partial charge in [0.05, 0.1) is 16.7 Å². The van der Waals surface area contributed by atoms with E-state index in [2.05, 4.69) is 252 Å². The summed E-state index contributed by atoms with van der Waals surface area (Å²) in [4.78, 5) is 2.46. The highest BCUT2D eigenvalue weighted by molar-refractivity contribution is 6.09. The number of benzene rings is 10. The maximum Gasteiger partial charge on any atom is 0.0546 e. The first-order valence-electron chi connectivity index (χ1n) is 20.6. The zero-order valence-electron chi connectivity index (χ0n) is 33.0. The second-order valence-electron chi connectivity index (χ2n) is 15.3. The molecule has 0 aliphatic rings. The zero-order chi connectivity index (χ0) is 39.8. The molecular formula is C58H40N2. The largest absolute Gasteiger partial charge is 0.310 e. The van der Waals surface area contributed by atoms with Gasteiger partial charge in [-0.3, -0.25) is 0 Å². The van der Waals surface area contributed by atoms with Gasteiger partial charge in [-0.05, 0) is 104 Å². The fourth-order valence-electron chi connectivity index (χ4n) is 9.03. The molecule has 0 atom stereocenters. The molecular weight excluding hydrogens is 725 g/mol. The lowest BCUT2D eigenvalue weighted by Crippen LogP contribution is -2.12. The number of nitrogens with zero attached hydrogens (tertiary/aromatic N) is 2. The Balaban J connectivity index is 1.19. The summed E-state index contributed by atoms with van der Waals surface area (Å²) < 4.78 is 2.41. The number of hydrogen-bond acceptors (Lipinski definition) is 1. The molecule has 0 N–H and O–H groups in total. The third kappa shape index (κ3) is 6.23. The van der Waals surface area contributed by atoms with E-state index in [1.54, 1.807) is 0 Å². The van der Waals surface area contributed by atoms with E-state index >= 15 is 0 Å². The molecule has 0 unspecified atom stereocenters. The van der Waals surface area contributed by atoms with Gasteiger partial charge in [0, 0.05) is 33.4 Å². The van der Waals surface area contributed by atoms with Gasteiger partial charge in [-0.15, -0.1) is 0 Å². The Kier molecular flexibility index (Phi) is 8.87. The molecule has 11 rings (SSSR count). The van der Waals surface area contributed by atoms with Crippen molar-refractivity contribution >= 4 is 49.6 Å². The number of hydrogen-bond donors (Lipinski definition) is 0. The summed E-state index contributed by atoms with van der Waals surface area (Å²) in [7, 11) is 0. The van der Waals surface area contributed by atoms with Gasteiger partial charge < -0.3 is 9.47 Å². The summed E-state index contributed by atoms with van der Waals surface area (Å²) in [6.45, 7) is 0. The molecule has 1 heterocycles. The molecule has 1 aromatic heterocycles. The first kappa shape index (κ1) is 35.2. The van der Waals surface area contributed by atoms with Crippen molar-refractivity contribution in [2.24, 2.45) is 0 Å². The van der Waals surface area contributed by atoms with Gasteiger partial charge in [0.25, 0.3) is 0 Å². The Labute approximate surface area is 350 Å². The molecule has 11 aromatic rings. The van der Waals surface area contributed by atoms with Crippen LogP contribution < -0.4 is 4.90 Å². The molecule has 0 aliphatic carbocycles. The number of anilines is 3. The third-order valence-corrected chi connectivity index (χ3v) is 11.8. The summed E-state index contributed by atoms with van der Waals surface area (Å²) in [6.07, 6.45) is 0. The van der Waals surface area contributed by atoms with Crippen LogP contribution in [0.1, 0.15) is 0 Å². The molecule has 10 aromatic carbocycles. The van der Waals surface area contributed by atoms with Crippen LogP contribution in [0.3, 0.4) is 0 Å². The molecule has 2 nitrogen and oxygen atoms in total. The maximum absolute atomic E-state index is 2.46. The number of aromatic nitrogens is 1. The van der Waals surface area contributed by atoms with Crippen LogP contribution in [0.2, 0.25) is 0 Å². The van der Waals surface area contributed by atoms with Gasteiger partial charge in [0.2, 0.25) is 0 Å². The number of para-hydroxylation sites is 2. The SMILES string of the molecule is c1ccc(-c2ccccc2-c2c(-c3ccccc3)cccc2N(c2cccc(-c3ccc4ccccc4c3)c2)c2cccc(-n3c4ccccc4c4ccccc43)c2)cc1. The lowest BCUT2D eigenvalue weighted by molar-refractivity contribution is 1.17. The Morgan fingerprint density at radius 3 is 1.55 bits per heavy atom.